The van der Waals surface area contributed by atoms with Crippen LogP contribution < -0.4 is 10.8 Å². The summed E-state index contributed by atoms with van der Waals surface area (Å²) in [6, 6.07) is 16.8. The van der Waals surface area contributed by atoms with Crippen LogP contribution in [-0.2, 0) is 35.7 Å². The number of sulfonamides is 1. The number of ether oxygens (including phenoxy) is 2. The van der Waals surface area contributed by atoms with Crippen LogP contribution in [0.2, 0.25) is 0 Å². The average molecular weight is 680 g/mol. The highest BCUT2D eigenvalue weighted by Crippen LogP contribution is 2.36. The number of hydrogen-bond acceptors (Lipinski definition) is 10. The van der Waals surface area contributed by atoms with Crippen LogP contribution in [0.1, 0.15) is 54.4 Å². The van der Waals surface area contributed by atoms with E-state index in [9.17, 15) is 28.0 Å². The summed E-state index contributed by atoms with van der Waals surface area (Å²) in [5.41, 5.74) is 3.27. The van der Waals surface area contributed by atoms with Crippen molar-refractivity contribution in [1.82, 2.24) is 20.0 Å². The van der Waals surface area contributed by atoms with Gasteiger partial charge in [-0.25, -0.2) is 23.5 Å². The molecule has 2 fully saturated rings. The number of hydroxylamine groups is 1. The largest absolute Gasteiger partial charge is 0.459 e. The smallest absolute Gasteiger partial charge is 0.409 e. The second-order valence-corrected chi connectivity index (χ2v) is 14.6. The third kappa shape index (κ3) is 7.71. The van der Waals surface area contributed by atoms with E-state index in [0.717, 1.165) is 22.3 Å². The Morgan fingerprint density at radius 1 is 1.06 bits per heavy atom. The van der Waals surface area contributed by atoms with Crippen molar-refractivity contribution >= 4 is 33.6 Å². The number of aryl methyl sites for hydroxylation is 1. The zero-order valence-corrected chi connectivity index (χ0v) is 27.8. The summed E-state index contributed by atoms with van der Waals surface area (Å²) in [6.07, 6.45) is 2.72. The molecule has 14 heteroatoms. The van der Waals surface area contributed by atoms with Crippen LogP contribution in [-0.4, -0.2) is 91.4 Å². The first-order valence-electron chi connectivity index (χ1n) is 16.0. The maximum absolute atomic E-state index is 13.6. The fourth-order valence-corrected chi connectivity index (χ4v) is 8.63. The first-order valence-corrected chi connectivity index (χ1v) is 17.6. The molecule has 0 radical (unpaired) electrons. The summed E-state index contributed by atoms with van der Waals surface area (Å²) < 4.78 is 39.7. The minimum absolute atomic E-state index is 0.0165. The van der Waals surface area contributed by atoms with E-state index >= 15 is 0 Å². The normalized spacial score (nSPS) is 21.1. The van der Waals surface area contributed by atoms with Crippen molar-refractivity contribution < 1.29 is 37.5 Å². The number of carbonyl (C=O) groups is 3. The molecule has 5 rings (SSSR count). The van der Waals surface area contributed by atoms with Gasteiger partial charge in [-0.1, -0.05) is 42.5 Å². The van der Waals surface area contributed by atoms with Crippen LogP contribution in [0.15, 0.2) is 54.6 Å². The lowest BCUT2D eigenvalue weighted by Gasteiger charge is -2.40. The Bertz CT molecular complexity index is 1690. The predicted octanol–water partition coefficient (Wildman–Crippen LogP) is 2.88. The fraction of sp³-hybridized carbons (Fsp3) is 0.471. The number of rotatable bonds is 10. The van der Waals surface area contributed by atoms with Gasteiger partial charge in [0, 0.05) is 26.2 Å². The molecule has 0 bridgehead atoms. The first kappa shape index (κ1) is 35.0. The van der Waals surface area contributed by atoms with E-state index in [1.54, 1.807) is 17.6 Å². The molecule has 2 aromatic rings. The van der Waals surface area contributed by atoms with Gasteiger partial charge >= 0.3 is 12.1 Å². The molecular formula is C34H41N5O8S. The molecule has 0 aliphatic carbocycles. The van der Waals surface area contributed by atoms with Crippen LogP contribution in [0.4, 0.5) is 4.79 Å². The fourth-order valence-electron chi connectivity index (χ4n) is 6.65. The van der Waals surface area contributed by atoms with Gasteiger partial charge in [-0.2, -0.15) is 9.57 Å². The summed E-state index contributed by atoms with van der Waals surface area (Å²) >= 11 is 0. The SMILES string of the molecule is Cc1cc(C#N)ccc1C1=CCN(S(=O)(=O)CC2(C(=O)NO)CCN(C(=O)OC[C@@]3(C(=O)OCc4ccccc4)CCCN3)CC2)CC1. The van der Waals surface area contributed by atoms with E-state index in [-0.39, 0.29) is 52.2 Å². The van der Waals surface area contributed by atoms with Crippen molar-refractivity contribution in [3.8, 4) is 6.07 Å². The van der Waals surface area contributed by atoms with E-state index < -0.39 is 44.7 Å². The first-order chi connectivity index (χ1) is 23.0. The quantitative estimate of drug-likeness (QED) is 0.192. The molecule has 0 unspecified atom stereocenters. The van der Waals surface area contributed by atoms with Gasteiger partial charge in [-0.3, -0.25) is 15.3 Å². The maximum Gasteiger partial charge on any atom is 0.409 e. The number of nitrogens with zero attached hydrogens (tertiary/aromatic N) is 3. The monoisotopic (exact) mass is 679 g/mol. The van der Waals surface area contributed by atoms with Gasteiger partial charge in [-0.15, -0.1) is 0 Å². The van der Waals surface area contributed by atoms with Crippen LogP contribution >= 0.6 is 0 Å². The summed E-state index contributed by atoms with van der Waals surface area (Å²) in [4.78, 5) is 40.5. The highest BCUT2D eigenvalue weighted by Gasteiger charge is 2.48. The molecule has 1 atom stereocenters. The van der Waals surface area contributed by atoms with Gasteiger partial charge in [0.2, 0.25) is 10.0 Å². The van der Waals surface area contributed by atoms with Gasteiger partial charge in [0.1, 0.15) is 13.2 Å². The van der Waals surface area contributed by atoms with Crippen LogP contribution in [0, 0.1) is 23.7 Å². The third-order valence-electron chi connectivity index (χ3n) is 9.58. The Labute approximate surface area is 280 Å². The molecule has 0 saturated carbocycles. The lowest BCUT2D eigenvalue weighted by atomic mass is 9.79. The van der Waals surface area contributed by atoms with E-state index in [1.807, 2.05) is 49.4 Å². The zero-order valence-electron chi connectivity index (χ0n) is 26.9. The summed E-state index contributed by atoms with van der Waals surface area (Å²) in [7, 11) is -3.95. The summed E-state index contributed by atoms with van der Waals surface area (Å²) in [5, 5.41) is 21.9. The van der Waals surface area contributed by atoms with E-state index in [4.69, 9.17) is 14.7 Å². The number of benzene rings is 2. The molecule has 0 aromatic heterocycles. The Morgan fingerprint density at radius 3 is 2.42 bits per heavy atom. The Morgan fingerprint density at radius 2 is 1.81 bits per heavy atom. The molecule has 2 amide bonds. The third-order valence-corrected chi connectivity index (χ3v) is 11.6. The highest BCUT2D eigenvalue weighted by atomic mass is 32.2. The average Bonchev–Trinajstić information content (AvgIpc) is 3.60. The molecule has 0 spiro atoms. The molecule has 2 saturated heterocycles. The van der Waals surface area contributed by atoms with Gasteiger partial charge < -0.3 is 14.4 Å². The number of hydrogen-bond donors (Lipinski definition) is 3. The van der Waals surface area contributed by atoms with Gasteiger partial charge in [0.25, 0.3) is 5.91 Å². The number of piperidine rings is 1. The van der Waals surface area contributed by atoms with Crippen molar-refractivity contribution in [2.24, 2.45) is 5.41 Å². The number of esters is 1. The maximum atomic E-state index is 13.6. The molecule has 2 aromatic carbocycles. The van der Waals surface area contributed by atoms with Crippen molar-refractivity contribution in [3.63, 3.8) is 0 Å². The number of carbonyl (C=O) groups excluding carboxylic acids is 3. The number of likely N-dealkylation sites (tertiary alicyclic amines) is 1. The minimum atomic E-state index is -3.95. The molecule has 3 N–H and O–H groups in total. The molecule has 48 heavy (non-hydrogen) atoms. The van der Waals surface area contributed by atoms with E-state index in [2.05, 4.69) is 11.4 Å². The summed E-state index contributed by atoms with van der Waals surface area (Å²) in [6.45, 7) is 2.70. The lowest BCUT2D eigenvalue weighted by molar-refractivity contribution is -0.154. The van der Waals surface area contributed by atoms with Crippen LogP contribution in [0.25, 0.3) is 5.57 Å². The molecule has 256 valence electrons. The number of amides is 2. The standard InChI is InChI=1S/C34H41N5O8S/c1-25-20-27(21-35)8-9-29(25)28-10-16-39(17-11-28)48(44,45)24-33(30(40)37-43)13-18-38(19-14-33)32(42)47-23-34(12-5-15-36-34)31(41)46-22-26-6-3-2-4-7-26/h2-4,6-10,20,36,43H,5,11-19,22-24H2,1H3,(H,37,40)/t34-/m1/s1. The number of nitrogens with one attached hydrogen (secondary N) is 2. The second-order valence-electron chi connectivity index (χ2n) is 12.7. The van der Waals surface area contributed by atoms with Crippen molar-refractivity contribution in [1.29, 1.82) is 5.26 Å². The molecular weight excluding hydrogens is 638 g/mol. The molecule has 13 nitrogen and oxygen atoms in total. The topological polar surface area (TPSA) is 178 Å². The molecule has 3 heterocycles. The van der Waals surface area contributed by atoms with Gasteiger partial charge in [0.05, 0.1) is 22.8 Å². The van der Waals surface area contributed by atoms with E-state index in [1.165, 1.54) is 9.21 Å². The molecule has 3 aliphatic heterocycles. The van der Waals surface area contributed by atoms with Crippen molar-refractivity contribution in [2.75, 3.05) is 45.1 Å². The Balaban J connectivity index is 1.18. The molecule has 3 aliphatic rings. The van der Waals surface area contributed by atoms with E-state index in [0.29, 0.717) is 31.4 Å². The van der Waals surface area contributed by atoms with Gasteiger partial charge in [0.15, 0.2) is 5.54 Å². The summed E-state index contributed by atoms with van der Waals surface area (Å²) in [5.74, 6) is -1.86. The lowest BCUT2D eigenvalue weighted by Crippen LogP contribution is -2.56. The predicted molar refractivity (Wildman–Crippen MR) is 175 cm³/mol. The highest BCUT2D eigenvalue weighted by molar-refractivity contribution is 7.89. The van der Waals surface area contributed by atoms with Crippen molar-refractivity contribution in [2.45, 2.75) is 51.2 Å². The van der Waals surface area contributed by atoms with Gasteiger partial charge in [-0.05, 0) is 80.0 Å². The zero-order chi connectivity index (χ0) is 34.4. The Hall–Kier alpha value is -4.29. The van der Waals surface area contributed by atoms with Crippen LogP contribution in [0.3, 0.4) is 0 Å². The van der Waals surface area contributed by atoms with Crippen molar-refractivity contribution in [3.05, 3.63) is 76.9 Å². The Kier molecular flexibility index (Phi) is 10.8. The second kappa shape index (κ2) is 14.9. The number of nitriles is 1. The minimum Gasteiger partial charge on any atom is -0.459 e. The van der Waals surface area contributed by atoms with Crippen LogP contribution in [0.5, 0.6) is 0 Å².